The second-order valence-electron chi connectivity index (χ2n) is 4.97. The van der Waals surface area contributed by atoms with Gasteiger partial charge in [0.05, 0.1) is 6.10 Å². The second-order valence-corrected chi connectivity index (χ2v) is 5.41. The van der Waals surface area contributed by atoms with Crippen molar-refractivity contribution in [2.75, 3.05) is 6.54 Å². The molecule has 0 saturated heterocycles. The highest BCUT2D eigenvalue weighted by Gasteiger charge is 2.11. The Labute approximate surface area is 120 Å². The van der Waals surface area contributed by atoms with E-state index in [1.807, 2.05) is 0 Å². The number of halogens is 1. The predicted octanol–water partition coefficient (Wildman–Crippen LogP) is 3.32. The van der Waals surface area contributed by atoms with E-state index in [0.29, 0.717) is 17.4 Å². The van der Waals surface area contributed by atoms with Gasteiger partial charge in [-0.1, -0.05) is 50.4 Å². The van der Waals surface area contributed by atoms with Crippen molar-refractivity contribution in [1.29, 1.82) is 0 Å². The van der Waals surface area contributed by atoms with Crippen LogP contribution in [0.3, 0.4) is 0 Å². The predicted molar refractivity (Wildman–Crippen MR) is 78.1 cm³/mol. The molecule has 0 saturated carbocycles. The molecule has 2 unspecified atom stereocenters. The molecule has 3 nitrogen and oxygen atoms in total. The van der Waals surface area contributed by atoms with Crippen molar-refractivity contribution in [2.24, 2.45) is 5.92 Å². The molecule has 0 fully saturated rings. The summed E-state index contributed by atoms with van der Waals surface area (Å²) in [6.07, 6.45) is 1.96. The van der Waals surface area contributed by atoms with Gasteiger partial charge in [-0.2, -0.15) is 0 Å². The van der Waals surface area contributed by atoms with Gasteiger partial charge < -0.3 is 10.4 Å². The summed E-state index contributed by atoms with van der Waals surface area (Å²) < 4.78 is 0. The summed E-state index contributed by atoms with van der Waals surface area (Å²) in [5, 5.41) is 13.3. The van der Waals surface area contributed by atoms with Crippen LogP contribution in [0, 0.1) is 5.92 Å². The van der Waals surface area contributed by atoms with Crippen molar-refractivity contribution >= 4 is 17.5 Å². The lowest BCUT2D eigenvalue weighted by Crippen LogP contribution is -2.29. The fourth-order valence-electron chi connectivity index (χ4n) is 2.00. The van der Waals surface area contributed by atoms with E-state index in [1.54, 1.807) is 24.3 Å². The summed E-state index contributed by atoms with van der Waals surface area (Å²) in [7, 11) is 0. The molecular formula is C15H22ClNO2. The largest absolute Gasteiger partial charge is 0.387 e. The SMILES string of the molecule is CCCC(C)CC(=O)NCC(O)c1ccc(Cl)cc1. The van der Waals surface area contributed by atoms with Crippen LogP contribution in [0.15, 0.2) is 24.3 Å². The Morgan fingerprint density at radius 3 is 2.58 bits per heavy atom. The average molecular weight is 284 g/mol. The molecule has 0 aliphatic carbocycles. The fourth-order valence-corrected chi connectivity index (χ4v) is 2.12. The number of hydrogen-bond donors (Lipinski definition) is 2. The molecule has 0 aromatic heterocycles. The van der Waals surface area contributed by atoms with Crippen LogP contribution in [0.2, 0.25) is 5.02 Å². The highest BCUT2D eigenvalue weighted by molar-refractivity contribution is 6.30. The molecule has 0 spiro atoms. The van der Waals surface area contributed by atoms with Crippen molar-refractivity contribution in [1.82, 2.24) is 5.32 Å². The molecule has 0 bridgehead atoms. The van der Waals surface area contributed by atoms with E-state index >= 15 is 0 Å². The molecule has 2 N–H and O–H groups in total. The molecule has 0 aliphatic heterocycles. The van der Waals surface area contributed by atoms with Crippen LogP contribution in [-0.4, -0.2) is 17.6 Å². The first-order chi connectivity index (χ1) is 9.02. The van der Waals surface area contributed by atoms with Gasteiger partial charge in [0.15, 0.2) is 0 Å². The second kappa shape index (κ2) is 8.18. The van der Waals surface area contributed by atoms with Crippen LogP contribution < -0.4 is 5.32 Å². The minimum atomic E-state index is -0.692. The topological polar surface area (TPSA) is 49.3 Å². The maximum atomic E-state index is 11.7. The van der Waals surface area contributed by atoms with Gasteiger partial charge in [0, 0.05) is 18.0 Å². The molecule has 0 aliphatic rings. The maximum Gasteiger partial charge on any atom is 0.220 e. The summed E-state index contributed by atoms with van der Waals surface area (Å²) in [6.45, 7) is 4.41. The van der Waals surface area contributed by atoms with Crippen LogP contribution in [0.25, 0.3) is 0 Å². The van der Waals surface area contributed by atoms with Crippen LogP contribution in [0.4, 0.5) is 0 Å². The quantitative estimate of drug-likeness (QED) is 0.806. The Morgan fingerprint density at radius 2 is 2.00 bits per heavy atom. The minimum absolute atomic E-state index is 0.00559. The maximum absolute atomic E-state index is 11.7. The summed E-state index contributed by atoms with van der Waals surface area (Å²) in [5.74, 6) is 0.381. The average Bonchev–Trinajstić information content (AvgIpc) is 2.37. The van der Waals surface area contributed by atoms with Gasteiger partial charge in [-0.3, -0.25) is 4.79 Å². The van der Waals surface area contributed by atoms with E-state index in [4.69, 9.17) is 11.6 Å². The molecule has 1 rings (SSSR count). The number of nitrogens with one attached hydrogen (secondary N) is 1. The third-order valence-electron chi connectivity index (χ3n) is 3.06. The molecule has 19 heavy (non-hydrogen) atoms. The van der Waals surface area contributed by atoms with Crippen molar-refractivity contribution in [3.63, 3.8) is 0 Å². The van der Waals surface area contributed by atoms with Gasteiger partial charge in [-0.15, -0.1) is 0 Å². The smallest absolute Gasteiger partial charge is 0.220 e. The standard InChI is InChI=1S/C15H22ClNO2/c1-3-4-11(2)9-15(19)17-10-14(18)12-5-7-13(16)8-6-12/h5-8,11,14,18H,3-4,9-10H2,1-2H3,(H,17,19). The van der Waals surface area contributed by atoms with Crippen LogP contribution >= 0.6 is 11.6 Å². The molecule has 106 valence electrons. The Hall–Kier alpha value is -1.06. The molecule has 4 heteroatoms. The van der Waals surface area contributed by atoms with Crippen molar-refractivity contribution in [2.45, 2.75) is 39.2 Å². The molecule has 0 radical (unpaired) electrons. The Balaban J connectivity index is 2.35. The number of carbonyl (C=O) groups excluding carboxylic acids is 1. The van der Waals surface area contributed by atoms with Crippen LogP contribution in [0.1, 0.15) is 44.8 Å². The third-order valence-corrected chi connectivity index (χ3v) is 3.31. The van der Waals surface area contributed by atoms with Gasteiger partial charge in [0.25, 0.3) is 0 Å². The summed E-state index contributed by atoms with van der Waals surface area (Å²) in [6, 6.07) is 6.98. The lowest BCUT2D eigenvalue weighted by molar-refractivity contribution is -0.122. The van der Waals surface area contributed by atoms with Gasteiger partial charge in [-0.05, 0) is 23.6 Å². The minimum Gasteiger partial charge on any atom is -0.387 e. The van der Waals surface area contributed by atoms with Crippen molar-refractivity contribution in [3.05, 3.63) is 34.9 Å². The van der Waals surface area contributed by atoms with Crippen molar-refractivity contribution in [3.8, 4) is 0 Å². The van der Waals surface area contributed by atoms with E-state index in [9.17, 15) is 9.90 Å². The summed E-state index contributed by atoms with van der Waals surface area (Å²) >= 11 is 5.78. The molecule has 1 aromatic carbocycles. The third kappa shape index (κ3) is 6.08. The van der Waals surface area contributed by atoms with Crippen molar-refractivity contribution < 1.29 is 9.90 Å². The van der Waals surface area contributed by atoms with Gasteiger partial charge >= 0.3 is 0 Å². The number of amides is 1. The monoisotopic (exact) mass is 283 g/mol. The number of aliphatic hydroxyl groups is 1. The fraction of sp³-hybridized carbons (Fsp3) is 0.533. The molecule has 1 amide bonds. The first-order valence-electron chi connectivity index (χ1n) is 6.73. The first-order valence-corrected chi connectivity index (χ1v) is 7.11. The highest BCUT2D eigenvalue weighted by Crippen LogP contribution is 2.16. The van der Waals surface area contributed by atoms with E-state index in [1.165, 1.54) is 0 Å². The summed E-state index contributed by atoms with van der Waals surface area (Å²) in [5.41, 5.74) is 0.756. The lowest BCUT2D eigenvalue weighted by Gasteiger charge is -2.14. The molecular weight excluding hydrogens is 262 g/mol. The van der Waals surface area contributed by atoms with E-state index in [2.05, 4.69) is 19.2 Å². The van der Waals surface area contributed by atoms with E-state index in [0.717, 1.165) is 18.4 Å². The van der Waals surface area contributed by atoms with E-state index in [-0.39, 0.29) is 12.5 Å². The van der Waals surface area contributed by atoms with Gasteiger partial charge in [-0.25, -0.2) is 0 Å². The van der Waals surface area contributed by atoms with Crippen LogP contribution in [0.5, 0.6) is 0 Å². The summed E-state index contributed by atoms with van der Waals surface area (Å²) in [4.78, 5) is 11.7. The van der Waals surface area contributed by atoms with E-state index < -0.39 is 6.10 Å². The number of rotatable bonds is 7. The number of aliphatic hydroxyl groups excluding tert-OH is 1. The Bertz CT molecular complexity index is 392. The Morgan fingerprint density at radius 1 is 1.37 bits per heavy atom. The van der Waals surface area contributed by atoms with Gasteiger partial charge in [0.1, 0.15) is 0 Å². The normalized spacial score (nSPS) is 13.9. The molecule has 0 heterocycles. The number of benzene rings is 1. The zero-order chi connectivity index (χ0) is 14.3. The zero-order valence-corrected chi connectivity index (χ0v) is 12.3. The zero-order valence-electron chi connectivity index (χ0n) is 11.5. The Kier molecular flexibility index (Phi) is 6.89. The first kappa shape index (κ1) is 16.0. The number of carbonyl (C=O) groups is 1. The van der Waals surface area contributed by atoms with Gasteiger partial charge in [0.2, 0.25) is 5.91 Å². The lowest BCUT2D eigenvalue weighted by atomic mass is 10.0. The number of hydrogen-bond acceptors (Lipinski definition) is 2. The molecule has 1 aromatic rings. The molecule has 2 atom stereocenters. The van der Waals surface area contributed by atoms with Crippen LogP contribution in [-0.2, 0) is 4.79 Å². The highest BCUT2D eigenvalue weighted by atomic mass is 35.5.